The normalized spacial score (nSPS) is 11.8. The Hall–Kier alpha value is -2.37. The van der Waals surface area contributed by atoms with Gasteiger partial charge in [-0.2, -0.15) is 0 Å². The van der Waals surface area contributed by atoms with Crippen LogP contribution >= 0.6 is 12.4 Å². The average molecular weight is 359 g/mol. The van der Waals surface area contributed by atoms with Crippen LogP contribution in [0.25, 0.3) is 10.9 Å². The summed E-state index contributed by atoms with van der Waals surface area (Å²) in [5, 5.41) is 1.12. The van der Waals surface area contributed by atoms with Gasteiger partial charge in [0, 0.05) is 42.6 Å². The number of halogens is 1. The topological polar surface area (TPSA) is 75.0 Å². The molecule has 0 bridgehead atoms. The maximum atomic E-state index is 12.7. The third-order valence-electron chi connectivity index (χ3n) is 4.25. The van der Waals surface area contributed by atoms with Crippen LogP contribution in [0.3, 0.4) is 0 Å². The number of hydrogen-bond donors (Lipinski definition) is 2. The Balaban J connectivity index is 0.00000225. The molecule has 1 aromatic carbocycles. The number of likely N-dealkylation sites (N-methyl/N-ethyl adjacent to an activating group) is 1. The van der Waals surface area contributed by atoms with Crippen LogP contribution in [0.15, 0.2) is 55.0 Å². The van der Waals surface area contributed by atoms with Gasteiger partial charge in [0.25, 0.3) is 0 Å². The molecule has 1 atom stereocenters. The Morgan fingerprint density at radius 1 is 1.24 bits per heavy atom. The molecule has 3 aromatic rings. The number of pyridine rings is 1. The maximum absolute atomic E-state index is 12.7. The van der Waals surface area contributed by atoms with Gasteiger partial charge in [0.05, 0.1) is 6.04 Å². The standard InChI is InChI=1S/C19H22N4O.ClH/c1-2-23(13-14-7-9-21-10-8-14)19(24)17(20)11-15-12-22-18-6-4-3-5-16(15)18;/h3-10,12,17,22H,2,11,13,20H2,1H3;1H/t17-;/m0./s1. The van der Waals surface area contributed by atoms with E-state index < -0.39 is 6.04 Å². The van der Waals surface area contributed by atoms with E-state index in [0.717, 1.165) is 22.0 Å². The number of nitrogens with two attached hydrogens (primary N) is 1. The first-order valence-electron chi connectivity index (χ1n) is 8.17. The molecule has 1 amide bonds. The second kappa shape index (κ2) is 8.65. The number of nitrogens with one attached hydrogen (secondary N) is 1. The van der Waals surface area contributed by atoms with E-state index in [-0.39, 0.29) is 18.3 Å². The number of H-pyrrole nitrogens is 1. The minimum atomic E-state index is -0.550. The highest BCUT2D eigenvalue weighted by Crippen LogP contribution is 2.19. The summed E-state index contributed by atoms with van der Waals surface area (Å²) in [6.07, 6.45) is 5.94. The minimum Gasteiger partial charge on any atom is -0.361 e. The Morgan fingerprint density at radius 3 is 2.68 bits per heavy atom. The van der Waals surface area contributed by atoms with Crippen LogP contribution < -0.4 is 5.73 Å². The van der Waals surface area contributed by atoms with E-state index in [9.17, 15) is 4.79 Å². The van der Waals surface area contributed by atoms with Crippen molar-refractivity contribution in [2.75, 3.05) is 6.54 Å². The molecule has 132 valence electrons. The van der Waals surface area contributed by atoms with Gasteiger partial charge in [0.2, 0.25) is 5.91 Å². The van der Waals surface area contributed by atoms with Gasteiger partial charge in [-0.15, -0.1) is 12.4 Å². The van der Waals surface area contributed by atoms with Crippen molar-refractivity contribution in [1.82, 2.24) is 14.9 Å². The number of fused-ring (bicyclic) bond motifs is 1. The lowest BCUT2D eigenvalue weighted by molar-refractivity contribution is -0.133. The fourth-order valence-corrected chi connectivity index (χ4v) is 2.91. The van der Waals surface area contributed by atoms with Gasteiger partial charge >= 0.3 is 0 Å². The van der Waals surface area contributed by atoms with Gasteiger partial charge in [-0.25, -0.2) is 0 Å². The zero-order valence-corrected chi connectivity index (χ0v) is 15.0. The summed E-state index contributed by atoms with van der Waals surface area (Å²) >= 11 is 0. The summed E-state index contributed by atoms with van der Waals surface area (Å²) in [6, 6.07) is 11.3. The van der Waals surface area contributed by atoms with Gasteiger partial charge in [0.15, 0.2) is 0 Å². The van der Waals surface area contributed by atoms with Gasteiger partial charge in [0.1, 0.15) is 0 Å². The third-order valence-corrected chi connectivity index (χ3v) is 4.25. The SMILES string of the molecule is CCN(Cc1ccncc1)C(=O)[C@@H](N)Cc1c[nH]c2ccccc12.Cl. The van der Waals surface area contributed by atoms with Crippen molar-refractivity contribution in [3.05, 3.63) is 66.1 Å². The molecule has 3 rings (SSSR count). The highest BCUT2D eigenvalue weighted by atomic mass is 35.5. The van der Waals surface area contributed by atoms with Crippen LogP contribution in [-0.4, -0.2) is 33.4 Å². The number of benzene rings is 1. The van der Waals surface area contributed by atoms with Gasteiger partial charge in [-0.3, -0.25) is 9.78 Å². The molecule has 0 aliphatic carbocycles. The predicted molar refractivity (Wildman–Crippen MR) is 103 cm³/mol. The molecule has 0 radical (unpaired) electrons. The number of carbonyl (C=O) groups excluding carboxylic acids is 1. The molecule has 0 saturated carbocycles. The van der Waals surface area contributed by atoms with E-state index >= 15 is 0 Å². The smallest absolute Gasteiger partial charge is 0.240 e. The number of rotatable bonds is 6. The number of hydrogen-bond acceptors (Lipinski definition) is 3. The van der Waals surface area contributed by atoms with Crippen LogP contribution in [0.2, 0.25) is 0 Å². The molecule has 25 heavy (non-hydrogen) atoms. The van der Waals surface area contributed by atoms with Crippen LogP contribution in [0.4, 0.5) is 0 Å². The minimum absolute atomic E-state index is 0. The summed E-state index contributed by atoms with van der Waals surface area (Å²) in [4.78, 5) is 21.7. The summed E-state index contributed by atoms with van der Waals surface area (Å²) in [7, 11) is 0. The Labute approximate surface area is 153 Å². The van der Waals surface area contributed by atoms with E-state index in [1.54, 1.807) is 17.3 Å². The lowest BCUT2D eigenvalue weighted by Crippen LogP contribution is -2.44. The Kier molecular flexibility index (Phi) is 6.56. The van der Waals surface area contributed by atoms with E-state index in [0.29, 0.717) is 19.5 Å². The zero-order chi connectivity index (χ0) is 16.9. The molecule has 0 aliphatic rings. The molecular formula is C19H23ClN4O. The first kappa shape index (κ1) is 19.0. The Morgan fingerprint density at radius 2 is 1.96 bits per heavy atom. The molecule has 3 N–H and O–H groups in total. The fourth-order valence-electron chi connectivity index (χ4n) is 2.91. The first-order chi connectivity index (χ1) is 11.7. The third kappa shape index (κ3) is 4.38. The van der Waals surface area contributed by atoms with Crippen molar-refractivity contribution in [2.24, 2.45) is 5.73 Å². The predicted octanol–water partition coefficient (Wildman–Crippen LogP) is 2.90. The summed E-state index contributed by atoms with van der Waals surface area (Å²) < 4.78 is 0. The highest BCUT2D eigenvalue weighted by Gasteiger charge is 2.21. The monoisotopic (exact) mass is 358 g/mol. The molecule has 0 spiro atoms. The molecule has 0 fully saturated rings. The fraction of sp³-hybridized carbons (Fsp3) is 0.263. The van der Waals surface area contributed by atoms with Crippen LogP contribution in [0.5, 0.6) is 0 Å². The average Bonchev–Trinajstić information content (AvgIpc) is 3.03. The molecule has 2 aromatic heterocycles. The second-order valence-electron chi connectivity index (χ2n) is 5.88. The molecule has 2 heterocycles. The van der Waals surface area contributed by atoms with Crippen molar-refractivity contribution in [1.29, 1.82) is 0 Å². The van der Waals surface area contributed by atoms with Crippen molar-refractivity contribution in [3.63, 3.8) is 0 Å². The lowest BCUT2D eigenvalue weighted by Gasteiger charge is -2.24. The molecule has 0 saturated heterocycles. The Bertz CT molecular complexity index is 818. The van der Waals surface area contributed by atoms with Gasteiger partial charge in [-0.1, -0.05) is 18.2 Å². The molecule has 0 aliphatic heterocycles. The van der Waals surface area contributed by atoms with Gasteiger partial charge in [-0.05, 0) is 42.7 Å². The van der Waals surface area contributed by atoms with Crippen molar-refractivity contribution in [3.8, 4) is 0 Å². The van der Waals surface area contributed by atoms with E-state index in [1.807, 2.05) is 49.5 Å². The number of aromatic amines is 1. The van der Waals surface area contributed by atoms with Crippen molar-refractivity contribution < 1.29 is 4.79 Å². The molecular weight excluding hydrogens is 336 g/mol. The van der Waals surface area contributed by atoms with E-state index in [1.165, 1.54) is 0 Å². The highest BCUT2D eigenvalue weighted by molar-refractivity contribution is 5.86. The van der Waals surface area contributed by atoms with Crippen LogP contribution in [0, 0.1) is 0 Å². The van der Waals surface area contributed by atoms with E-state index in [2.05, 4.69) is 9.97 Å². The second-order valence-corrected chi connectivity index (χ2v) is 5.88. The van der Waals surface area contributed by atoms with Gasteiger partial charge < -0.3 is 15.6 Å². The number of amides is 1. The molecule has 5 nitrogen and oxygen atoms in total. The van der Waals surface area contributed by atoms with Crippen molar-refractivity contribution in [2.45, 2.75) is 25.9 Å². The number of aromatic nitrogens is 2. The molecule has 0 unspecified atom stereocenters. The summed E-state index contributed by atoms with van der Waals surface area (Å²) in [5.74, 6) is -0.0282. The van der Waals surface area contributed by atoms with Crippen molar-refractivity contribution >= 4 is 29.2 Å². The first-order valence-corrected chi connectivity index (χ1v) is 8.17. The number of carbonyl (C=O) groups is 1. The quantitative estimate of drug-likeness (QED) is 0.711. The number of nitrogens with zero attached hydrogens (tertiary/aromatic N) is 2. The van der Waals surface area contributed by atoms with Crippen LogP contribution in [0.1, 0.15) is 18.1 Å². The number of para-hydroxylation sites is 1. The van der Waals surface area contributed by atoms with Crippen LogP contribution in [-0.2, 0) is 17.8 Å². The van der Waals surface area contributed by atoms with E-state index in [4.69, 9.17) is 5.73 Å². The largest absolute Gasteiger partial charge is 0.361 e. The zero-order valence-electron chi connectivity index (χ0n) is 14.2. The summed E-state index contributed by atoms with van der Waals surface area (Å²) in [5.41, 5.74) is 9.41. The molecule has 6 heteroatoms. The maximum Gasteiger partial charge on any atom is 0.240 e. The lowest BCUT2D eigenvalue weighted by atomic mass is 10.0. The summed E-state index contributed by atoms with van der Waals surface area (Å²) in [6.45, 7) is 3.15.